The molecule has 3 rings (SSSR count). The number of benzene rings is 1. The summed E-state index contributed by atoms with van der Waals surface area (Å²) in [4.78, 5) is 13.3. The summed E-state index contributed by atoms with van der Waals surface area (Å²) < 4.78 is 29.0. The van der Waals surface area contributed by atoms with Gasteiger partial charge in [0.1, 0.15) is 0 Å². The molecular weight excluding hydrogens is 366 g/mol. The third-order valence-electron chi connectivity index (χ3n) is 5.69. The summed E-state index contributed by atoms with van der Waals surface area (Å²) >= 11 is 0. The van der Waals surface area contributed by atoms with Gasteiger partial charge < -0.3 is 5.11 Å². The number of hydrogen-bond donors (Lipinski definition) is 1. The first-order valence-electron chi connectivity index (χ1n) is 9.65. The summed E-state index contributed by atoms with van der Waals surface area (Å²) in [5, 5.41) is 9.11. The van der Waals surface area contributed by atoms with Gasteiger partial charge in [-0.2, -0.15) is 17.0 Å². The summed E-state index contributed by atoms with van der Waals surface area (Å²) in [6.45, 7) is 2.87. The lowest BCUT2D eigenvalue weighted by Gasteiger charge is -2.38. The summed E-state index contributed by atoms with van der Waals surface area (Å²) in [5.74, 6) is -0.932. The van der Waals surface area contributed by atoms with Crippen LogP contribution in [0.15, 0.2) is 24.3 Å². The van der Waals surface area contributed by atoms with Gasteiger partial charge >= 0.3 is 5.97 Å². The van der Waals surface area contributed by atoms with E-state index in [1.54, 1.807) is 33.9 Å². The van der Waals surface area contributed by atoms with Crippen LogP contribution in [0, 0.1) is 0 Å². The smallest absolute Gasteiger partial charge is 0.335 e. The van der Waals surface area contributed by atoms with Crippen LogP contribution in [0.2, 0.25) is 0 Å². The molecule has 1 aliphatic carbocycles. The molecule has 2 aliphatic rings. The zero-order valence-electron chi connectivity index (χ0n) is 15.9. The largest absolute Gasteiger partial charge is 0.478 e. The van der Waals surface area contributed by atoms with E-state index in [4.69, 9.17) is 5.11 Å². The summed E-state index contributed by atoms with van der Waals surface area (Å²) in [5.41, 5.74) is 1.22. The highest BCUT2D eigenvalue weighted by molar-refractivity contribution is 7.86. The fourth-order valence-corrected chi connectivity index (χ4v) is 5.57. The van der Waals surface area contributed by atoms with E-state index in [2.05, 4.69) is 4.90 Å². The molecular formula is C19H29N3O4S. The standard InChI is InChI=1S/C19H29N3O4S/c1-20(18-8-3-2-4-9-18)27(25,26)22-12-10-21(11-13-22)15-16-6-5-7-17(14-16)19(23)24/h5-7,14,18H,2-4,8-13,15H2,1H3,(H,23,24). The number of hydrogen-bond acceptors (Lipinski definition) is 4. The second-order valence-electron chi connectivity index (χ2n) is 7.50. The average molecular weight is 396 g/mol. The maximum absolute atomic E-state index is 12.9. The van der Waals surface area contributed by atoms with Gasteiger partial charge in [-0.25, -0.2) is 4.79 Å². The number of carbonyl (C=O) groups is 1. The van der Waals surface area contributed by atoms with Gasteiger partial charge in [-0.15, -0.1) is 0 Å². The average Bonchev–Trinajstić information content (AvgIpc) is 2.68. The van der Waals surface area contributed by atoms with Crippen molar-refractivity contribution in [1.29, 1.82) is 0 Å². The summed E-state index contributed by atoms with van der Waals surface area (Å²) in [6.07, 6.45) is 5.32. The number of rotatable bonds is 6. The van der Waals surface area contributed by atoms with Crippen LogP contribution in [0.1, 0.15) is 48.0 Å². The first-order valence-corrected chi connectivity index (χ1v) is 11.1. The molecule has 0 spiro atoms. The molecule has 1 aromatic rings. The molecule has 8 heteroatoms. The molecule has 150 valence electrons. The predicted octanol–water partition coefficient (Wildman–Crippen LogP) is 2.01. The second-order valence-corrected chi connectivity index (χ2v) is 9.48. The van der Waals surface area contributed by atoms with E-state index in [0.717, 1.165) is 31.2 Å². The van der Waals surface area contributed by atoms with Crippen molar-refractivity contribution in [2.24, 2.45) is 0 Å². The highest BCUT2D eigenvalue weighted by Gasteiger charge is 2.34. The second kappa shape index (κ2) is 8.68. The lowest BCUT2D eigenvalue weighted by molar-refractivity contribution is 0.0696. The topological polar surface area (TPSA) is 81.2 Å². The molecule has 1 aromatic carbocycles. The van der Waals surface area contributed by atoms with Crippen LogP contribution in [0.3, 0.4) is 0 Å². The van der Waals surface area contributed by atoms with Gasteiger partial charge in [-0.1, -0.05) is 31.4 Å². The first kappa shape index (κ1) is 20.3. The highest BCUT2D eigenvalue weighted by atomic mass is 32.2. The Morgan fingerprint density at radius 2 is 1.81 bits per heavy atom. The Hall–Kier alpha value is -1.48. The normalized spacial score (nSPS) is 20.8. The molecule has 1 saturated heterocycles. The molecule has 0 atom stereocenters. The Morgan fingerprint density at radius 1 is 1.15 bits per heavy atom. The van der Waals surface area contributed by atoms with Crippen molar-refractivity contribution >= 4 is 16.2 Å². The fourth-order valence-electron chi connectivity index (χ4n) is 3.99. The minimum absolute atomic E-state index is 0.125. The third kappa shape index (κ3) is 4.87. The van der Waals surface area contributed by atoms with Gasteiger partial charge in [-0.05, 0) is 30.5 Å². The van der Waals surface area contributed by atoms with Crippen LogP contribution in [0.25, 0.3) is 0 Å². The molecule has 0 radical (unpaired) electrons. The predicted molar refractivity (Wildman–Crippen MR) is 104 cm³/mol. The Kier molecular flexibility index (Phi) is 6.52. The van der Waals surface area contributed by atoms with E-state index >= 15 is 0 Å². The Morgan fingerprint density at radius 3 is 2.44 bits per heavy atom. The van der Waals surface area contributed by atoms with Crippen molar-refractivity contribution in [2.45, 2.75) is 44.7 Å². The molecule has 0 aromatic heterocycles. The van der Waals surface area contributed by atoms with Crippen molar-refractivity contribution in [3.63, 3.8) is 0 Å². The van der Waals surface area contributed by atoms with Gasteiger partial charge in [0.2, 0.25) is 0 Å². The molecule has 1 N–H and O–H groups in total. The van der Waals surface area contributed by atoms with Crippen LogP contribution in [0.5, 0.6) is 0 Å². The zero-order valence-corrected chi connectivity index (χ0v) is 16.7. The van der Waals surface area contributed by atoms with E-state index in [-0.39, 0.29) is 11.6 Å². The monoisotopic (exact) mass is 395 g/mol. The first-order chi connectivity index (χ1) is 12.9. The minimum Gasteiger partial charge on any atom is -0.478 e. The van der Waals surface area contributed by atoms with Crippen molar-refractivity contribution in [1.82, 2.24) is 13.5 Å². The van der Waals surface area contributed by atoms with E-state index < -0.39 is 16.2 Å². The Labute approximate surface area is 161 Å². The molecule has 2 fully saturated rings. The molecule has 7 nitrogen and oxygen atoms in total. The van der Waals surface area contributed by atoms with Crippen LogP contribution in [0.4, 0.5) is 0 Å². The molecule has 1 saturated carbocycles. The van der Waals surface area contributed by atoms with Crippen LogP contribution in [-0.4, -0.2) is 72.3 Å². The zero-order chi connectivity index (χ0) is 19.4. The SMILES string of the molecule is CN(C1CCCCC1)S(=O)(=O)N1CCN(Cc2cccc(C(=O)O)c2)CC1. The third-order valence-corrected chi connectivity index (χ3v) is 7.73. The van der Waals surface area contributed by atoms with Gasteiger partial charge in [0.15, 0.2) is 0 Å². The fraction of sp³-hybridized carbons (Fsp3) is 0.632. The Balaban J connectivity index is 1.56. The van der Waals surface area contributed by atoms with Crippen molar-refractivity contribution in [2.75, 3.05) is 33.2 Å². The number of nitrogens with zero attached hydrogens (tertiary/aromatic N) is 3. The highest BCUT2D eigenvalue weighted by Crippen LogP contribution is 2.25. The lowest BCUT2D eigenvalue weighted by atomic mass is 9.96. The van der Waals surface area contributed by atoms with E-state index in [9.17, 15) is 13.2 Å². The molecule has 0 amide bonds. The maximum Gasteiger partial charge on any atom is 0.335 e. The Bertz CT molecular complexity index is 754. The van der Waals surface area contributed by atoms with Crippen LogP contribution in [-0.2, 0) is 16.8 Å². The van der Waals surface area contributed by atoms with Gasteiger partial charge in [-0.3, -0.25) is 4.90 Å². The van der Waals surface area contributed by atoms with Crippen LogP contribution >= 0.6 is 0 Å². The quantitative estimate of drug-likeness (QED) is 0.797. The van der Waals surface area contributed by atoms with Gasteiger partial charge in [0.05, 0.1) is 5.56 Å². The van der Waals surface area contributed by atoms with Crippen molar-refractivity contribution in [3.05, 3.63) is 35.4 Å². The number of piperazine rings is 1. The number of carboxylic acid groups (broad SMARTS) is 1. The molecule has 1 heterocycles. The molecule has 0 bridgehead atoms. The van der Waals surface area contributed by atoms with E-state index in [1.165, 1.54) is 6.42 Å². The van der Waals surface area contributed by atoms with Gasteiger partial charge in [0, 0.05) is 45.8 Å². The number of aromatic carboxylic acids is 1. The van der Waals surface area contributed by atoms with Crippen LogP contribution < -0.4 is 0 Å². The van der Waals surface area contributed by atoms with Crippen molar-refractivity contribution < 1.29 is 18.3 Å². The van der Waals surface area contributed by atoms with E-state index in [0.29, 0.717) is 32.7 Å². The number of carboxylic acids is 1. The van der Waals surface area contributed by atoms with Crippen molar-refractivity contribution in [3.8, 4) is 0 Å². The van der Waals surface area contributed by atoms with Gasteiger partial charge in [0.25, 0.3) is 10.2 Å². The summed E-state index contributed by atoms with van der Waals surface area (Å²) in [6, 6.07) is 7.05. The molecule has 27 heavy (non-hydrogen) atoms. The molecule has 0 unspecified atom stereocenters. The maximum atomic E-state index is 12.9. The minimum atomic E-state index is -3.41. The van der Waals surface area contributed by atoms with E-state index in [1.807, 2.05) is 6.07 Å². The molecule has 1 aliphatic heterocycles. The lowest BCUT2D eigenvalue weighted by Crippen LogP contribution is -2.54. The summed E-state index contributed by atoms with van der Waals surface area (Å²) in [7, 11) is -1.70.